The first-order chi connectivity index (χ1) is 12.3. The average molecular weight is 376 g/mol. The highest BCUT2D eigenvalue weighted by Gasteiger charge is 2.34. The Labute approximate surface area is 152 Å². The molecule has 26 heavy (non-hydrogen) atoms. The Bertz CT molecular complexity index is 939. The van der Waals surface area contributed by atoms with Crippen molar-refractivity contribution < 1.29 is 23.0 Å². The molecule has 138 valence electrons. The lowest BCUT2D eigenvalue weighted by Crippen LogP contribution is -2.25. The zero-order valence-corrected chi connectivity index (χ0v) is 15.5. The second-order valence-electron chi connectivity index (χ2n) is 5.96. The predicted molar refractivity (Wildman–Crippen MR) is 98.2 cm³/mol. The Hall–Kier alpha value is -2.74. The number of phenols is 1. The Morgan fingerprint density at radius 1 is 1.12 bits per heavy atom. The summed E-state index contributed by atoms with van der Waals surface area (Å²) in [6.45, 7) is 0. The van der Waals surface area contributed by atoms with Crippen LogP contribution in [0.3, 0.4) is 0 Å². The minimum Gasteiger partial charge on any atom is -0.504 e. The summed E-state index contributed by atoms with van der Waals surface area (Å²) in [6, 6.07) is 11.6. The maximum Gasteiger partial charge on any atom is 0.247 e. The topological polar surface area (TPSA) is 88.4 Å². The standard InChI is InChI=1S/C18H20N2O5S/c1-24-14-7-4-12(5-8-14)15-11-16(20(19-15)26(3,22)23)13-6-9-18(25-2)17(21)10-13/h4-10,16,21H,11H2,1-3H3. The zero-order valence-electron chi connectivity index (χ0n) is 14.7. The van der Waals surface area contributed by atoms with Crippen molar-refractivity contribution in [1.82, 2.24) is 4.41 Å². The van der Waals surface area contributed by atoms with Crippen molar-refractivity contribution in [1.29, 1.82) is 0 Å². The van der Waals surface area contributed by atoms with Gasteiger partial charge in [0.25, 0.3) is 0 Å². The van der Waals surface area contributed by atoms with Crippen LogP contribution >= 0.6 is 0 Å². The molecule has 2 aromatic carbocycles. The summed E-state index contributed by atoms with van der Waals surface area (Å²) in [7, 11) is -0.535. The maximum atomic E-state index is 12.2. The average Bonchev–Trinajstić information content (AvgIpc) is 3.07. The summed E-state index contributed by atoms with van der Waals surface area (Å²) in [4.78, 5) is 0. The summed E-state index contributed by atoms with van der Waals surface area (Å²) < 4.78 is 35.7. The van der Waals surface area contributed by atoms with Gasteiger partial charge in [0, 0.05) is 6.42 Å². The van der Waals surface area contributed by atoms with Crippen molar-refractivity contribution in [2.75, 3.05) is 20.5 Å². The Morgan fingerprint density at radius 3 is 2.35 bits per heavy atom. The van der Waals surface area contributed by atoms with Gasteiger partial charge >= 0.3 is 0 Å². The van der Waals surface area contributed by atoms with Crippen LogP contribution in [0, 0.1) is 0 Å². The maximum absolute atomic E-state index is 12.2. The van der Waals surface area contributed by atoms with Crippen LogP contribution in [-0.2, 0) is 10.0 Å². The van der Waals surface area contributed by atoms with Crippen molar-refractivity contribution in [3.05, 3.63) is 53.6 Å². The number of rotatable bonds is 5. The molecule has 0 aromatic heterocycles. The van der Waals surface area contributed by atoms with Crippen LogP contribution in [0.15, 0.2) is 47.6 Å². The molecule has 1 N–H and O–H groups in total. The van der Waals surface area contributed by atoms with Gasteiger partial charge in [-0.3, -0.25) is 0 Å². The lowest BCUT2D eigenvalue weighted by Gasteiger charge is -2.21. The van der Waals surface area contributed by atoms with Crippen LogP contribution < -0.4 is 9.47 Å². The van der Waals surface area contributed by atoms with Crippen LogP contribution in [0.5, 0.6) is 17.2 Å². The van der Waals surface area contributed by atoms with Crippen molar-refractivity contribution in [3.63, 3.8) is 0 Å². The van der Waals surface area contributed by atoms with Gasteiger partial charge in [0.15, 0.2) is 11.5 Å². The van der Waals surface area contributed by atoms with Gasteiger partial charge in [-0.05, 0) is 47.5 Å². The van der Waals surface area contributed by atoms with Gasteiger partial charge < -0.3 is 14.6 Å². The van der Waals surface area contributed by atoms with E-state index >= 15 is 0 Å². The number of sulfonamides is 1. The number of benzene rings is 2. The molecule has 0 amide bonds. The monoisotopic (exact) mass is 376 g/mol. The molecular formula is C18H20N2O5S. The van der Waals surface area contributed by atoms with E-state index in [0.717, 1.165) is 16.2 Å². The molecule has 1 unspecified atom stereocenters. The molecule has 0 spiro atoms. The largest absolute Gasteiger partial charge is 0.504 e. The number of hydrazone groups is 1. The number of hydrogen-bond acceptors (Lipinski definition) is 6. The summed E-state index contributed by atoms with van der Waals surface area (Å²) >= 11 is 0. The minimum atomic E-state index is -3.57. The van der Waals surface area contributed by atoms with Gasteiger partial charge in [0.1, 0.15) is 5.75 Å². The van der Waals surface area contributed by atoms with Crippen LogP contribution in [0.4, 0.5) is 0 Å². The van der Waals surface area contributed by atoms with Crippen molar-refractivity contribution >= 4 is 15.7 Å². The van der Waals surface area contributed by atoms with Gasteiger partial charge in [-0.1, -0.05) is 6.07 Å². The number of ether oxygens (including phenoxy) is 2. The van der Waals surface area contributed by atoms with E-state index in [2.05, 4.69) is 5.10 Å². The van der Waals surface area contributed by atoms with Gasteiger partial charge in [-0.25, -0.2) is 8.42 Å². The second-order valence-corrected chi connectivity index (χ2v) is 7.80. The smallest absolute Gasteiger partial charge is 0.247 e. The van der Waals surface area contributed by atoms with Gasteiger partial charge in [0.2, 0.25) is 10.0 Å². The normalized spacial score (nSPS) is 17.1. The van der Waals surface area contributed by atoms with E-state index in [0.29, 0.717) is 29.2 Å². The lowest BCUT2D eigenvalue weighted by atomic mass is 9.99. The molecule has 7 nitrogen and oxygen atoms in total. The first-order valence-electron chi connectivity index (χ1n) is 7.91. The van der Waals surface area contributed by atoms with Gasteiger partial charge in [0.05, 0.1) is 32.2 Å². The molecule has 1 atom stereocenters. The number of phenolic OH excluding ortho intramolecular Hbond substituents is 1. The van der Waals surface area contributed by atoms with Gasteiger partial charge in [-0.2, -0.15) is 9.52 Å². The van der Waals surface area contributed by atoms with E-state index in [1.807, 2.05) is 12.1 Å². The summed E-state index contributed by atoms with van der Waals surface area (Å²) in [5.41, 5.74) is 2.11. The van der Waals surface area contributed by atoms with Gasteiger partial charge in [-0.15, -0.1) is 0 Å². The fraction of sp³-hybridized carbons (Fsp3) is 0.278. The lowest BCUT2D eigenvalue weighted by molar-refractivity contribution is 0.362. The summed E-state index contributed by atoms with van der Waals surface area (Å²) in [5, 5.41) is 14.4. The zero-order chi connectivity index (χ0) is 18.9. The van der Waals surface area contributed by atoms with E-state index in [4.69, 9.17) is 9.47 Å². The number of aromatic hydroxyl groups is 1. The summed E-state index contributed by atoms with van der Waals surface area (Å²) in [6.07, 6.45) is 1.51. The van der Waals surface area contributed by atoms with Crippen molar-refractivity contribution in [3.8, 4) is 17.2 Å². The molecular weight excluding hydrogens is 356 g/mol. The molecule has 1 aliphatic heterocycles. The molecule has 0 aliphatic carbocycles. The van der Waals surface area contributed by atoms with Crippen LogP contribution in [0.25, 0.3) is 0 Å². The Kier molecular flexibility index (Phi) is 4.78. The molecule has 8 heteroatoms. The molecule has 1 heterocycles. The van der Waals surface area contributed by atoms with Crippen LogP contribution in [0.1, 0.15) is 23.6 Å². The molecule has 0 saturated carbocycles. The third-order valence-electron chi connectivity index (χ3n) is 4.22. The Morgan fingerprint density at radius 2 is 1.81 bits per heavy atom. The van der Waals surface area contributed by atoms with E-state index in [1.54, 1.807) is 31.4 Å². The SMILES string of the molecule is COc1ccc(C2=NN(S(C)(=O)=O)C(c3ccc(OC)c(O)c3)C2)cc1. The highest BCUT2D eigenvalue weighted by atomic mass is 32.2. The number of nitrogens with zero attached hydrogens (tertiary/aromatic N) is 2. The first-order valence-corrected chi connectivity index (χ1v) is 9.76. The highest BCUT2D eigenvalue weighted by molar-refractivity contribution is 7.88. The molecule has 3 rings (SSSR count). The highest BCUT2D eigenvalue weighted by Crippen LogP contribution is 2.38. The molecule has 0 fully saturated rings. The molecule has 0 saturated heterocycles. The minimum absolute atomic E-state index is 0.0450. The molecule has 1 aliphatic rings. The predicted octanol–water partition coefficient (Wildman–Crippen LogP) is 2.52. The van der Waals surface area contributed by atoms with E-state index < -0.39 is 16.1 Å². The van der Waals surface area contributed by atoms with E-state index in [9.17, 15) is 13.5 Å². The second kappa shape index (κ2) is 6.87. The van der Waals surface area contributed by atoms with E-state index in [-0.39, 0.29) is 5.75 Å². The summed E-state index contributed by atoms with van der Waals surface area (Å²) in [5.74, 6) is 0.995. The number of hydrogen-bond donors (Lipinski definition) is 1. The third kappa shape index (κ3) is 3.45. The van der Waals surface area contributed by atoms with Crippen molar-refractivity contribution in [2.45, 2.75) is 12.5 Å². The third-order valence-corrected chi connectivity index (χ3v) is 5.24. The fourth-order valence-electron chi connectivity index (χ4n) is 2.91. The Balaban J connectivity index is 1.97. The fourth-order valence-corrected chi connectivity index (χ4v) is 3.82. The number of methoxy groups -OCH3 is 2. The quantitative estimate of drug-likeness (QED) is 0.866. The van der Waals surface area contributed by atoms with E-state index in [1.165, 1.54) is 13.2 Å². The van der Waals surface area contributed by atoms with Crippen molar-refractivity contribution in [2.24, 2.45) is 5.10 Å². The molecule has 0 radical (unpaired) electrons. The first kappa shape index (κ1) is 18.1. The van der Waals surface area contributed by atoms with Crippen LogP contribution in [0.2, 0.25) is 0 Å². The molecule has 2 aromatic rings. The van der Waals surface area contributed by atoms with Crippen LogP contribution in [-0.4, -0.2) is 44.1 Å². The molecule has 0 bridgehead atoms.